The average Bonchev–Trinajstić information content (AvgIpc) is 2.21. The molecular formula is C10H9BrFNO2. The van der Waals surface area contributed by atoms with Crippen LogP contribution in [0.5, 0.6) is 0 Å². The number of nitrogens with zero attached hydrogens (tertiary/aromatic N) is 1. The van der Waals surface area contributed by atoms with E-state index in [0.717, 1.165) is 0 Å². The number of rotatable bonds is 4. The van der Waals surface area contributed by atoms with E-state index in [2.05, 4.69) is 15.9 Å². The fourth-order valence-electron chi connectivity index (χ4n) is 1.08. The second-order valence-corrected chi connectivity index (χ2v) is 3.62. The lowest BCUT2D eigenvalue weighted by Crippen LogP contribution is -2.06. The summed E-state index contributed by atoms with van der Waals surface area (Å²) in [6, 6.07) is 5.93. The first kappa shape index (κ1) is 12.1. The number of benzene rings is 1. The van der Waals surface area contributed by atoms with Crippen LogP contribution in [-0.4, -0.2) is 18.3 Å². The van der Waals surface area contributed by atoms with Crippen molar-refractivity contribution in [2.45, 2.75) is 6.10 Å². The molecule has 0 radical (unpaired) electrons. The molecule has 0 bridgehead atoms. The SMILES string of the molecule is N#CC(OCCO)c1ccc(F)cc1Br. The summed E-state index contributed by atoms with van der Waals surface area (Å²) < 4.78 is 18.3. The lowest BCUT2D eigenvalue weighted by Gasteiger charge is -2.11. The summed E-state index contributed by atoms with van der Waals surface area (Å²) in [5, 5.41) is 17.4. The Bertz CT molecular complexity index is 378. The van der Waals surface area contributed by atoms with Crippen molar-refractivity contribution in [2.24, 2.45) is 0 Å². The van der Waals surface area contributed by atoms with Gasteiger partial charge in [-0.3, -0.25) is 0 Å². The van der Waals surface area contributed by atoms with Crippen molar-refractivity contribution in [2.75, 3.05) is 13.2 Å². The molecule has 0 fully saturated rings. The topological polar surface area (TPSA) is 53.2 Å². The van der Waals surface area contributed by atoms with Crippen molar-refractivity contribution in [3.8, 4) is 6.07 Å². The molecule has 0 amide bonds. The summed E-state index contributed by atoms with van der Waals surface area (Å²) in [6.07, 6.45) is -0.799. The number of ether oxygens (including phenoxy) is 1. The summed E-state index contributed by atoms with van der Waals surface area (Å²) in [7, 11) is 0. The third kappa shape index (κ3) is 3.27. The molecular weight excluding hydrogens is 265 g/mol. The molecule has 1 aromatic carbocycles. The van der Waals surface area contributed by atoms with Crippen LogP contribution >= 0.6 is 15.9 Å². The second kappa shape index (κ2) is 5.81. The minimum Gasteiger partial charge on any atom is -0.394 e. The molecule has 0 saturated carbocycles. The van der Waals surface area contributed by atoms with Gasteiger partial charge in [-0.1, -0.05) is 22.0 Å². The highest BCUT2D eigenvalue weighted by Crippen LogP contribution is 2.26. The molecule has 0 aromatic heterocycles. The molecule has 1 atom stereocenters. The van der Waals surface area contributed by atoms with E-state index in [1.54, 1.807) is 0 Å². The molecule has 0 aliphatic rings. The highest BCUT2D eigenvalue weighted by Gasteiger charge is 2.14. The monoisotopic (exact) mass is 273 g/mol. The molecule has 1 N–H and O–H groups in total. The van der Waals surface area contributed by atoms with Crippen LogP contribution in [0.3, 0.4) is 0 Å². The van der Waals surface area contributed by atoms with Crippen molar-refractivity contribution >= 4 is 15.9 Å². The van der Waals surface area contributed by atoms with E-state index in [1.807, 2.05) is 6.07 Å². The number of aliphatic hydroxyl groups is 1. The van der Waals surface area contributed by atoms with Crippen molar-refractivity contribution < 1.29 is 14.2 Å². The molecule has 1 rings (SSSR count). The lowest BCUT2D eigenvalue weighted by atomic mass is 10.1. The molecule has 80 valence electrons. The molecule has 0 spiro atoms. The van der Waals surface area contributed by atoms with Crippen LogP contribution in [0.1, 0.15) is 11.7 Å². The normalized spacial score (nSPS) is 12.1. The first-order valence-electron chi connectivity index (χ1n) is 4.26. The standard InChI is InChI=1S/C10H9BrFNO2/c11-9-5-7(12)1-2-8(9)10(6-13)15-4-3-14/h1-2,5,10,14H,3-4H2. The van der Waals surface area contributed by atoms with Crippen LogP contribution < -0.4 is 0 Å². The van der Waals surface area contributed by atoms with Gasteiger partial charge in [0.2, 0.25) is 0 Å². The summed E-state index contributed by atoms with van der Waals surface area (Å²) in [5.41, 5.74) is 0.548. The van der Waals surface area contributed by atoms with Crippen molar-refractivity contribution in [1.82, 2.24) is 0 Å². The largest absolute Gasteiger partial charge is 0.394 e. The zero-order chi connectivity index (χ0) is 11.3. The van der Waals surface area contributed by atoms with Gasteiger partial charge in [0.15, 0.2) is 6.10 Å². The maximum absolute atomic E-state index is 12.8. The van der Waals surface area contributed by atoms with E-state index in [1.165, 1.54) is 18.2 Å². The number of aliphatic hydroxyl groups excluding tert-OH is 1. The Morgan fingerprint density at radius 2 is 2.33 bits per heavy atom. The zero-order valence-corrected chi connectivity index (χ0v) is 9.37. The summed E-state index contributed by atoms with van der Waals surface area (Å²) in [6.45, 7) is -0.0843. The molecule has 15 heavy (non-hydrogen) atoms. The molecule has 5 heteroatoms. The molecule has 0 heterocycles. The number of halogens is 2. The van der Waals surface area contributed by atoms with Crippen LogP contribution in [0.25, 0.3) is 0 Å². The Morgan fingerprint density at radius 3 is 2.87 bits per heavy atom. The Kier molecular flexibility index (Phi) is 4.69. The van der Waals surface area contributed by atoms with Gasteiger partial charge in [-0.25, -0.2) is 4.39 Å². The summed E-state index contributed by atoms with van der Waals surface area (Å²) >= 11 is 3.15. The second-order valence-electron chi connectivity index (χ2n) is 2.77. The summed E-state index contributed by atoms with van der Waals surface area (Å²) in [5.74, 6) is -0.385. The van der Waals surface area contributed by atoms with Gasteiger partial charge in [0.25, 0.3) is 0 Å². The molecule has 3 nitrogen and oxygen atoms in total. The summed E-state index contributed by atoms with van der Waals surface area (Å²) in [4.78, 5) is 0. The smallest absolute Gasteiger partial charge is 0.170 e. The highest BCUT2D eigenvalue weighted by molar-refractivity contribution is 9.10. The van der Waals surface area contributed by atoms with Gasteiger partial charge < -0.3 is 9.84 Å². The minimum absolute atomic E-state index is 0.0715. The van der Waals surface area contributed by atoms with E-state index >= 15 is 0 Å². The Labute approximate surface area is 95.2 Å². The van der Waals surface area contributed by atoms with Gasteiger partial charge >= 0.3 is 0 Å². The van der Waals surface area contributed by atoms with E-state index in [0.29, 0.717) is 10.0 Å². The van der Waals surface area contributed by atoms with E-state index < -0.39 is 6.10 Å². The quantitative estimate of drug-likeness (QED) is 0.915. The third-order valence-corrected chi connectivity index (χ3v) is 2.42. The average molecular weight is 274 g/mol. The highest BCUT2D eigenvalue weighted by atomic mass is 79.9. The molecule has 0 aliphatic carbocycles. The third-order valence-electron chi connectivity index (χ3n) is 1.74. The predicted octanol–water partition coefficient (Wildman–Crippen LogP) is 2.16. The van der Waals surface area contributed by atoms with Crippen molar-refractivity contribution in [1.29, 1.82) is 5.26 Å². The van der Waals surface area contributed by atoms with E-state index in [-0.39, 0.29) is 19.0 Å². The van der Waals surface area contributed by atoms with Crippen LogP contribution in [0.2, 0.25) is 0 Å². The maximum atomic E-state index is 12.8. The zero-order valence-electron chi connectivity index (χ0n) is 7.78. The van der Waals surface area contributed by atoms with Gasteiger partial charge in [0.05, 0.1) is 19.3 Å². The van der Waals surface area contributed by atoms with E-state index in [4.69, 9.17) is 15.1 Å². The first-order valence-corrected chi connectivity index (χ1v) is 5.05. The van der Waals surface area contributed by atoms with Crippen LogP contribution in [0.4, 0.5) is 4.39 Å². The number of hydrogen-bond donors (Lipinski definition) is 1. The molecule has 1 aromatic rings. The van der Waals surface area contributed by atoms with Gasteiger partial charge in [-0.2, -0.15) is 5.26 Å². The van der Waals surface area contributed by atoms with Crippen LogP contribution in [0, 0.1) is 17.1 Å². The van der Waals surface area contributed by atoms with Crippen LogP contribution in [-0.2, 0) is 4.74 Å². The van der Waals surface area contributed by atoms with Gasteiger partial charge in [0.1, 0.15) is 5.82 Å². The van der Waals surface area contributed by atoms with Crippen LogP contribution in [0.15, 0.2) is 22.7 Å². The van der Waals surface area contributed by atoms with Gasteiger partial charge in [-0.05, 0) is 12.1 Å². The molecule has 0 aliphatic heterocycles. The minimum atomic E-state index is -0.799. The molecule has 0 saturated heterocycles. The van der Waals surface area contributed by atoms with Gasteiger partial charge in [-0.15, -0.1) is 0 Å². The Hall–Kier alpha value is -0.960. The predicted molar refractivity (Wildman–Crippen MR) is 55.5 cm³/mol. The molecule has 1 unspecified atom stereocenters. The van der Waals surface area contributed by atoms with E-state index in [9.17, 15) is 4.39 Å². The Morgan fingerprint density at radius 1 is 1.60 bits per heavy atom. The van der Waals surface area contributed by atoms with Crippen molar-refractivity contribution in [3.05, 3.63) is 34.1 Å². The maximum Gasteiger partial charge on any atom is 0.170 e. The van der Waals surface area contributed by atoms with Crippen molar-refractivity contribution in [3.63, 3.8) is 0 Å². The van der Waals surface area contributed by atoms with Gasteiger partial charge in [0, 0.05) is 10.0 Å². The lowest BCUT2D eigenvalue weighted by molar-refractivity contribution is 0.0577. The number of nitriles is 1. The first-order chi connectivity index (χ1) is 7.19. The Balaban J connectivity index is 2.88. The number of hydrogen-bond acceptors (Lipinski definition) is 3. The fraction of sp³-hybridized carbons (Fsp3) is 0.300. The fourth-order valence-corrected chi connectivity index (χ4v) is 1.64.